The number of aliphatic hydroxyl groups is 1. The molecule has 0 radical (unpaired) electrons. The maximum absolute atomic E-state index is 10.1. The monoisotopic (exact) mass is 363 g/mol. The summed E-state index contributed by atoms with van der Waals surface area (Å²) < 4.78 is 25.9. The smallest absolute Gasteiger partial charge is 0.261 e. The van der Waals surface area contributed by atoms with Crippen LogP contribution in [0.15, 0.2) is 60.7 Å². The van der Waals surface area contributed by atoms with Crippen molar-refractivity contribution in [2.45, 2.75) is 19.1 Å². The van der Waals surface area contributed by atoms with Crippen LogP contribution in [0.3, 0.4) is 0 Å². The second-order valence-corrected chi connectivity index (χ2v) is 7.92. The summed E-state index contributed by atoms with van der Waals surface area (Å²) in [7, 11) is -3.67. The van der Waals surface area contributed by atoms with E-state index in [4.69, 9.17) is 4.55 Å². The molecule has 1 saturated heterocycles. The Labute approximate surface area is 149 Å². The lowest BCUT2D eigenvalue weighted by Gasteiger charge is -2.28. The van der Waals surface area contributed by atoms with Gasteiger partial charge in [0.25, 0.3) is 10.1 Å². The minimum absolute atomic E-state index is 0.218. The van der Waals surface area contributed by atoms with Crippen LogP contribution in [0.5, 0.6) is 0 Å². The van der Waals surface area contributed by atoms with Gasteiger partial charge in [0.2, 0.25) is 0 Å². The second kappa shape index (κ2) is 8.58. The number of hydrogen-bond acceptors (Lipinski definition) is 4. The van der Waals surface area contributed by atoms with Gasteiger partial charge in [-0.05, 0) is 17.0 Å². The summed E-state index contributed by atoms with van der Waals surface area (Å²) >= 11 is 0. The number of aliphatic hydroxyl groups excluding tert-OH is 1. The van der Waals surface area contributed by atoms with E-state index in [1.807, 2.05) is 12.1 Å². The molecule has 0 saturated carbocycles. The standard InChI is InChI=1S/C18H21NO.CH4O3S/c1-14-12-19(13-17(14)20)18(15-8-4-2-5-9-15)16-10-6-3-7-11-16;1-5(2,3)4/h2-11,14,17-18,20H,12-13H2,1H3;1H3,(H,2,3,4). The summed E-state index contributed by atoms with van der Waals surface area (Å²) in [5.41, 5.74) is 2.58. The highest BCUT2D eigenvalue weighted by Gasteiger charge is 2.33. The van der Waals surface area contributed by atoms with Gasteiger partial charge in [0.15, 0.2) is 0 Å². The molecule has 25 heavy (non-hydrogen) atoms. The van der Waals surface area contributed by atoms with Crippen LogP contribution in [0.25, 0.3) is 0 Å². The van der Waals surface area contributed by atoms with E-state index in [9.17, 15) is 13.5 Å². The molecule has 1 aliphatic heterocycles. The van der Waals surface area contributed by atoms with E-state index in [2.05, 4.69) is 60.4 Å². The molecule has 0 spiro atoms. The fourth-order valence-electron chi connectivity index (χ4n) is 3.08. The van der Waals surface area contributed by atoms with Crippen LogP contribution in [-0.4, -0.2) is 48.4 Å². The molecule has 1 fully saturated rings. The third-order valence-electron chi connectivity index (χ3n) is 4.20. The van der Waals surface area contributed by atoms with Crippen LogP contribution >= 0.6 is 0 Å². The van der Waals surface area contributed by atoms with Gasteiger partial charge in [0.05, 0.1) is 18.4 Å². The molecular formula is C19H25NO4S. The number of hydrogen-bond donors (Lipinski definition) is 2. The van der Waals surface area contributed by atoms with Crippen molar-refractivity contribution in [1.82, 2.24) is 4.90 Å². The molecule has 2 aromatic carbocycles. The molecular weight excluding hydrogens is 338 g/mol. The first kappa shape index (κ1) is 19.6. The molecule has 1 heterocycles. The number of nitrogens with zero attached hydrogens (tertiary/aromatic N) is 1. The van der Waals surface area contributed by atoms with E-state index in [1.54, 1.807) is 0 Å². The van der Waals surface area contributed by atoms with Crippen LogP contribution in [-0.2, 0) is 10.1 Å². The molecule has 5 nitrogen and oxygen atoms in total. The predicted molar refractivity (Wildman–Crippen MR) is 98.9 cm³/mol. The lowest BCUT2D eigenvalue weighted by atomic mass is 9.97. The zero-order chi connectivity index (χ0) is 18.4. The largest absolute Gasteiger partial charge is 0.391 e. The second-order valence-electron chi connectivity index (χ2n) is 6.46. The molecule has 2 atom stereocenters. The fourth-order valence-corrected chi connectivity index (χ4v) is 3.08. The van der Waals surface area contributed by atoms with Crippen molar-refractivity contribution in [3.05, 3.63) is 71.8 Å². The Morgan fingerprint density at radius 1 is 0.960 bits per heavy atom. The summed E-state index contributed by atoms with van der Waals surface area (Å²) in [5.74, 6) is 0.338. The van der Waals surface area contributed by atoms with Crippen molar-refractivity contribution in [3.8, 4) is 0 Å². The summed E-state index contributed by atoms with van der Waals surface area (Å²) in [6.07, 6.45) is 0.498. The van der Waals surface area contributed by atoms with Gasteiger partial charge >= 0.3 is 0 Å². The van der Waals surface area contributed by atoms with Crippen LogP contribution < -0.4 is 0 Å². The molecule has 0 bridgehead atoms. The average Bonchev–Trinajstić information content (AvgIpc) is 2.87. The van der Waals surface area contributed by atoms with E-state index in [0.717, 1.165) is 13.1 Å². The van der Waals surface area contributed by atoms with E-state index < -0.39 is 10.1 Å². The number of likely N-dealkylation sites (tertiary alicyclic amines) is 1. The van der Waals surface area contributed by atoms with Crippen molar-refractivity contribution in [1.29, 1.82) is 0 Å². The quantitative estimate of drug-likeness (QED) is 0.820. The topological polar surface area (TPSA) is 77.8 Å². The zero-order valence-corrected chi connectivity index (χ0v) is 15.3. The third-order valence-corrected chi connectivity index (χ3v) is 4.20. The molecule has 6 heteroatoms. The minimum Gasteiger partial charge on any atom is -0.391 e. The van der Waals surface area contributed by atoms with Gasteiger partial charge in [-0.25, -0.2) is 0 Å². The molecule has 1 aliphatic rings. The summed E-state index contributed by atoms with van der Waals surface area (Å²) in [6, 6.07) is 21.4. The van der Waals surface area contributed by atoms with Gasteiger partial charge in [-0.2, -0.15) is 8.42 Å². The lowest BCUT2D eigenvalue weighted by molar-refractivity contribution is 0.144. The number of benzene rings is 2. The van der Waals surface area contributed by atoms with Gasteiger partial charge in [-0.3, -0.25) is 9.45 Å². The van der Waals surface area contributed by atoms with E-state index >= 15 is 0 Å². The molecule has 2 unspecified atom stereocenters. The van der Waals surface area contributed by atoms with Crippen LogP contribution in [0.4, 0.5) is 0 Å². The maximum atomic E-state index is 10.1. The first-order valence-corrected chi connectivity index (χ1v) is 10.0. The molecule has 3 rings (SSSR count). The Morgan fingerprint density at radius 3 is 1.68 bits per heavy atom. The molecule has 0 amide bonds. The van der Waals surface area contributed by atoms with Crippen molar-refractivity contribution < 1.29 is 18.1 Å². The minimum atomic E-state index is -3.67. The lowest BCUT2D eigenvalue weighted by Crippen LogP contribution is -2.28. The Kier molecular flexibility index (Phi) is 6.72. The maximum Gasteiger partial charge on any atom is 0.261 e. The zero-order valence-electron chi connectivity index (χ0n) is 14.5. The molecule has 136 valence electrons. The van der Waals surface area contributed by atoms with Crippen molar-refractivity contribution in [3.63, 3.8) is 0 Å². The fraction of sp³-hybridized carbons (Fsp3) is 0.368. The SMILES string of the molecule is CC1CN(C(c2ccccc2)c2ccccc2)CC1O.CS(=O)(=O)O. The highest BCUT2D eigenvalue weighted by molar-refractivity contribution is 7.85. The van der Waals surface area contributed by atoms with E-state index in [-0.39, 0.29) is 12.1 Å². The molecule has 0 aliphatic carbocycles. The number of rotatable bonds is 3. The Hall–Kier alpha value is -1.73. The van der Waals surface area contributed by atoms with E-state index in [0.29, 0.717) is 12.2 Å². The molecule has 0 aromatic heterocycles. The van der Waals surface area contributed by atoms with Crippen LogP contribution in [0, 0.1) is 5.92 Å². The molecule has 2 N–H and O–H groups in total. The Bertz CT molecular complexity index is 692. The van der Waals surface area contributed by atoms with Crippen molar-refractivity contribution in [2.75, 3.05) is 19.3 Å². The first-order valence-electron chi connectivity index (χ1n) is 8.20. The van der Waals surface area contributed by atoms with Gasteiger partial charge in [0.1, 0.15) is 0 Å². The van der Waals surface area contributed by atoms with Gasteiger partial charge in [-0.1, -0.05) is 67.6 Å². The van der Waals surface area contributed by atoms with Crippen molar-refractivity contribution in [2.24, 2.45) is 5.92 Å². The normalized spacial score (nSPS) is 21.0. The third kappa shape index (κ3) is 6.25. The average molecular weight is 363 g/mol. The Balaban J connectivity index is 0.000000399. The first-order chi connectivity index (χ1) is 11.8. The van der Waals surface area contributed by atoms with E-state index in [1.165, 1.54) is 11.1 Å². The number of β-amino-alcohol motifs (C(OH)–C–C–N with tert-alkyl or cyclic N) is 1. The van der Waals surface area contributed by atoms with Gasteiger partial charge < -0.3 is 5.11 Å². The molecule has 2 aromatic rings. The van der Waals surface area contributed by atoms with Crippen LogP contribution in [0.1, 0.15) is 24.1 Å². The highest BCUT2D eigenvalue weighted by Crippen LogP contribution is 2.32. The van der Waals surface area contributed by atoms with Gasteiger partial charge in [0, 0.05) is 13.1 Å². The summed E-state index contributed by atoms with van der Waals surface area (Å²) in [5, 5.41) is 10.1. The van der Waals surface area contributed by atoms with Crippen LogP contribution in [0.2, 0.25) is 0 Å². The highest BCUT2D eigenvalue weighted by atomic mass is 32.2. The Morgan fingerprint density at radius 2 is 1.36 bits per heavy atom. The van der Waals surface area contributed by atoms with Crippen molar-refractivity contribution >= 4 is 10.1 Å². The van der Waals surface area contributed by atoms with Gasteiger partial charge in [-0.15, -0.1) is 0 Å². The predicted octanol–water partition coefficient (Wildman–Crippen LogP) is 2.59. The summed E-state index contributed by atoms with van der Waals surface area (Å²) in [4.78, 5) is 2.39. The summed E-state index contributed by atoms with van der Waals surface area (Å²) in [6.45, 7) is 3.81.